The standard InChI is InChI=1S/C15H20N4O3/c1-9(8-20)10(2)16-15(21)17-13-6-4-12(5-7-13)14-19-18-11(3)22-14/h4-7,9-10,20H,8H2,1-3H3,(H2,16,17,21). The molecule has 2 unspecified atom stereocenters. The van der Waals surface area contributed by atoms with Crippen LogP contribution in [0.4, 0.5) is 10.5 Å². The van der Waals surface area contributed by atoms with Crippen molar-refractivity contribution in [3.63, 3.8) is 0 Å². The minimum absolute atomic E-state index is 0.00566. The number of nitrogens with zero attached hydrogens (tertiary/aromatic N) is 2. The lowest BCUT2D eigenvalue weighted by Gasteiger charge is -2.19. The molecule has 1 heterocycles. The molecule has 7 heteroatoms. The van der Waals surface area contributed by atoms with Crippen molar-refractivity contribution in [2.24, 2.45) is 5.92 Å². The van der Waals surface area contributed by atoms with Gasteiger partial charge in [-0.2, -0.15) is 0 Å². The molecule has 0 fully saturated rings. The Hall–Kier alpha value is -2.41. The molecule has 0 spiro atoms. The molecule has 0 saturated carbocycles. The van der Waals surface area contributed by atoms with Gasteiger partial charge in [-0.25, -0.2) is 4.79 Å². The largest absolute Gasteiger partial charge is 0.421 e. The predicted octanol–water partition coefficient (Wildman–Crippen LogP) is 2.18. The van der Waals surface area contributed by atoms with Gasteiger partial charge in [-0.15, -0.1) is 10.2 Å². The normalized spacial score (nSPS) is 13.5. The van der Waals surface area contributed by atoms with Crippen molar-refractivity contribution in [2.75, 3.05) is 11.9 Å². The summed E-state index contributed by atoms with van der Waals surface area (Å²) in [4.78, 5) is 11.9. The molecule has 22 heavy (non-hydrogen) atoms. The first-order chi connectivity index (χ1) is 10.5. The number of aryl methyl sites for hydroxylation is 1. The lowest BCUT2D eigenvalue weighted by molar-refractivity contribution is 0.204. The molecule has 0 aliphatic heterocycles. The zero-order valence-electron chi connectivity index (χ0n) is 12.8. The first-order valence-electron chi connectivity index (χ1n) is 7.08. The molecule has 7 nitrogen and oxygen atoms in total. The third-order valence-electron chi connectivity index (χ3n) is 3.42. The summed E-state index contributed by atoms with van der Waals surface area (Å²) < 4.78 is 5.34. The molecule has 1 aromatic carbocycles. The van der Waals surface area contributed by atoms with Gasteiger partial charge in [0.25, 0.3) is 0 Å². The number of carbonyl (C=O) groups excluding carboxylic acids is 1. The fourth-order valence-corrected chi connectivity index (χ4v) is 1.78. The van der Waals surface area contributed by atoms with Gasteiger partial charge in [0, 0.05) is 30.8 Å². The molecule has 0 aliphatic rings. The Balaban J connectivity index is 1.95. The van der Waals surface area contributed by atoms with Crippen molar-refractivity contribution < 1.29 is 14.3 Å². The number of hydrogen-bond acceptors (Lipinski definition) is 5. The number of benzene rings is 1. The highest BCUT2D eigenvalue weighted by Gasteiger charge is 2.14. The van der Waals surface area contributed by atoms with Gasteiger partial charge in [0.05, 0.1) is 0 Å². The SMILES string of the molecule is Cc1nnc(-c2ccc(NC(=O)NC(C)C(C)CO)cc2)o1. The van der Waals surface area contributed by atoms with Gasteiger partial charge in [0.15, 0.2) is 0 Å². The molecule has 0 bridgehead atoms. The number of aliphatic hydroxyl groups is 1. The third-order valence-corrected chi connectivity index (χ3v) is 3.42. The summed E-state index contributed by atoms with van der Waals surface area (Å²) in [6, 6.07) is 6.67. The van der Waals surface area contributed by atoms with Gasteiger partial charge in [-0.1, -0.05) is 6.92 Å². The van der Waals surface area contributed by atoms with Crippen LogP contribution in [-0.4, -0.2) is 34.0 Å². The fraction of sp³-hybridized carbons (Fsp3) is 0.400. The van der Waals surface area contributed by atoms with Crippen LogP contribution in [0.1, 0.15) is 19.7 Å². The molecule has 2 aromatic rings. The van der Waals surface area contributed by atoms with Crippen molar-refractivity contribution in [1.29, 1.82) is 0 Å². The Morgan fingerprint density at radius 3 is 2.50 bits per heavy atom. The monoisotopic (exact) mass is 304 g/mol. The van der Waals surface area contributed by atoms with Crippen molar-refractivity contribution in [1.82, 2.24) is 15.5 Å². The minimum Gasteiger partial charge on any atom is -0.421 e. The summed E-state index contributed by atoms with van der Waals surface area (Å²) in [6.45, 7) is 5.47. The van der Waals surface area contributed by atoms with Crippen LogP contribution in [-0.2, 0) is 0 Å². The van der Waals surface area contributed by atoms with Crippen molar-refractivity contribution in [2.45, 2.75) is 26.8 Å². The molecule has 2 rings (SSSR count). The van der Waals surface area contributed by atoms with Crippen LogP contribution in [0.15, 0.2) is 28.7 Å². The van der Waals surface area contributed by atoms with Crippen LogP contribution in [0.5, 0.6) is 0 Å². The average molecular weight is 304 g/mol. The molecule has 2 amide bonds. The number of amides is 2. The Kier molecular flexibility index (Phi) is 5.11. The number of aromatic nitrogens is 2. The lowest BCUT2D eigenvalue weighted by Crippen LogP contribution is -2.40. The van der Waals surface area contributed by atoms with Crippen molar-refractivity contribution in [3.05, 3.63) is 30.2 Å². The molecular formula is C15H20N4O3. The maximum absolute atomic E-state index is 11.9. The molecule has 0 radical (unpaired) electrons. The molecule has 0 saturated heterocycles. The Bertz CT molecular complexity index is 624. The molecular weight excluding hydrogens is 284 g/mol. The zero-order valence-corrected chi connectivity index (χ0v) is 12.8. The molecule has 0 aliphatic carbocycles. The number of carbonyl (C=O) groups is 1. The first-order valence-corrected chi connectivity index (χ1v) is 7.08. The molecule has 118 valence electrons. The Morgan fingerprint density at radius 1 is 1.27 bits per heavy atom. The van der Waals surface area contributed by atoms with Crippen LogP contribution >= 0.6 is 0 Å². The highest BCUT2D eigenvalue weighted by atomic mass is 16.4. The summed E-state index contributed by atoms with van der Waals surface area (Å²) in [5.41, 5.74) is 1.44. The predicted molar refractivity (Wildman–Crippen MR) is 82.3 cm³/mol. The van der Waals surface area contributed by atoms with E-state index in [1.807, 2.05) is 13.8 Å². The van der Waals surface area contributed by atoms with Gasteiger partial charge in [-0.05, 0) is 37.1 Å². The van der Waals surface area contributed by atoms with Gasteiger partial charge in [0.2, 0.25) is 11.8 Å². The maximum atomic E-state index is 11.9. The third kappa shape index (κ3) is 4.05. The highest BCUT2D eigenvalue weighted by molar-refractivity contribution is 5.89. The Morgan fingerprint density at radius 2 is 1.95 bits per heavy atom. The fourth-order valence-electron chi connectivity index (χ4n) is 1.78. The van der Waals surface area contributed by atoms with E-state index in [4.69, 9.17) is 9.52 Å². The van der Waals surface area contributed by atoms with E-state index < -0.39 is 0 Å². The van der Waals surface area contributed by atoms with E-state index in [2.05, 4.69) is 20.8 Å². The summed E-state index contributed by atoms with van der Waals surface area (Å²) in [6.07, 6.45) is 0. The quantitative estimate of drug-likeness (QED) is 0.786. The zero-order chi connectivity index (χ0) is 16.1. The van der Waals surface area contributed by atoms with E-state index in [9.17, 15) is 4.79 Å². The first kappa shape index (κ1) is 16.0. The summed E-state index contributed by atoms with van der Waals surface area (Å²) in [5.74, 6) is 0.941. The van der Waals surface area contributed by atoms with Gasteiger partial charge in [-0.3, -0.25) is 0 Å². The van der Waals surface area contributed by atoms with Gasteiger partial charge < -0.3 is 20.2 Å². The number of anilines is 1. The van der Waals surface area contributed by atoms with Gasteiger partial charge in [0.1, 0.15) is 0 Å². The van der Waals surface area contributed by atoms with Crippen LogP contribution in [0.25, 0.3) is 11.5 Å². The van der Waals surface area contributed by atoms with Crippen molar-refractivity contribution in [3.8, 4) is 11.5 Å². The van der Waals surface area contributed by atoms with Crippen LogP contribution < -0.4 is 10.6 Å². The van der Waals surface area contributed by atoms with E-state index in [0.717, 1.165) is 5.56 Å². The number of hydrogen-bond donors (Lipinski definition) is 3. The molecule has 3 N–H and O–H groups in total. The number of rotatable bonds is 5. The lowest BCUT2D eigenvalue weighted by atomic mass is 10.1. The minimum atomic E-state index is -0.311. The number of nitrogens with one attached hydrogen (secondary N) is 2. The maximum Gasteiger partial charge on any atom is 0.319 e. The molecule has 1 aromatic heterocycles. The van der Waals surface area contributed by atoms with Crippen molar-refractivity contribution >= 4 is 11.7 Å². The second-order valence-corrected chi connectivity index (χ2v) is 5.25. The second-order valence-electron chi connectivity index (χ2n) is 5.25. The molecule has 2 atom stereocenters. The second kappa shape index (κ2) is 7.04. The highest BCUT2D eigenvalue weighted by Crippen LogP contribution is 2.20. The Labute approximate surface area is 128 Å². The summed E-state index contributed by atoms with van der Waals surface area (Å²) in [7, 11) is 0. The van der Waals surface area contributed by atoms with E-state index >= 15 is 0 Å². The van der Waals surface area contributed by atoms with Gasteiger partial charge >= 0.3 is 6.03 Å². The summed E-state index contributed by atoms with van der Waals surface area (Å²) >= 11 is 0. The summed E-state index contributed by atoms with van der Waals surface area (Å²) in [5, 5.41) is 22.3. The number of urea groups is 1. The van der Waals surface area contributed by atoms with Crippen LogP contribution in [0.3, 0.4) is 0 Å². The average Bonchev–Trinajstić information content (AvgIpc) is 2.93. The smallest absolute Gasteiger partial charge is 0.319 e. The van der Waals surface area contributed by atoms with E-state index in [1.54, 1.807) is 31.2 Å². The van der Waals surface area contributed by atoms with E-state index in [1.165, 1.54) is 0 Å². The topological polar surface area (TPSA) is 100 Å². The number of aliphatic hydroxyl groups excluding tert-OH is 1. The van der Waals surface area contributed by atoms with E-state index in [0.29, 0.717) is 17.5 Å². The van der Waals surface area contributed by atoms with Crippen LogP contribution in [0, 0.1) is 12.8 Å². The van der Waals surface area contributed by atoms with E-state index in [-0.39, 0.29) is 24.6 Å². The van der Waals surface area contributed by atoms with Crippen LogP contribution in [0.2, 0.25) is 0 Å².